The van der Waals surface area contributed by atoms with Crippen LogP contribution in [0.2, 0.25) is 0 Å². The topological polar surface area (TPSA) is 46.9 Å². The van der Waals surface area contributed by atoms with Crippen molar-refractivity contribution in [2.75, 3.05) is 6.54 Å². The summed E-state index contributed by atoms with van der Waals surface area (Å²) in [5.74, 6) is 0.823. The van der Waals surface area contributed by atoms with Gasteiger partial charge in [0.05, 0.1) is 5.69 Å². The van der Waals surface area contributed by atoms with Crippen LogP contribution in [-0.4, -0.2) is 22.2 Å². The molecule has 0 saturated heterocycles. The van der Waals surface area contributed by atoms with Gasteiger partial charge in [0.15, 0.2) is 8.29 Å². The second-order valence-electron chi connectivity index (χ2n) is 6.33. The molecule has 28 heavy (non-hydrogen) atoms. The van der Waals surface area contributed by atoms with Gasteiger partial charge in [0.2, 0.25) is 0 Å². The molecule has 2 aromatic carbocycles. The summed E-state index contributed by atoms with van der Waals surface area (Å²) >= 11 is 8.66. The third-order valence-electron chi connectivity index (χ3n) is 4.17. The highest BCUT2D eigenvalue weighted by Crippen LogP contribution is 2.27. The third-order valence-corrected chi connectivity index (χ3v) is 6.61. The van der Waals surface area contributed by atoms with Crippen molar-refractivity contribution in [2.24, 2.45) is 0 Å². The number of amides is 1. The zero-order valence-corrected chi connectivity index (χ0v) is 18.2. The molecule has 3 aromatic rings. The van der Waals surface area contributed by atoms with Crippen LogP contribution < -0.4 is 5.32 Å². The van der Waals surface area contributed by atoms with Crippen LogP contribution in [0.4, 0.5) is 0 Å². The van der Waals surface area contributed by atoms with E-state index in [0.29, 0.717) is 16.1 Å². The molecule has 0 aliphatic rings. The van der Waals surface area contributed by atoms with Gasteiger partial charge < -0.3 is 5.32 Å². The van der Waals surface area contributed by atoms with Crippen LogP contribution in [0.15, 0.2) is 58.9 Å². The zero-order chi connectivity index (χ0) is 19.8. The molecule has 0 fully saturated rings. The van der Waals surface area contributed by atoms with Gasteiger partial charge in [-0.1, -0.05) is 73.2 Å². The summed E-state index contributed by atoms with van der Waals surface area (Å²) in [5.41, 5.74) is 2.78. The van der Waals surface area contributed by atoms with Crippen molar-refractivity contribution >= 4 is 41.2 Å². The number of carbonyl (C=O) groups is 1. The van der Waals surface area contributed by atoms with Gasteiger partial charge in [0.25, 0.3) is 5.91 Å². The first-order valence-electron chi connectivity index (χ1n) is 9.33. The number of rotatable bonds is 9. The van der Waals surface area contributed by atoms with Crippen LogP contribution >= 0.6 is 35.3 Å². The molecule has 146 valence electrons. The van der Waals surface area contributed by atoms with Gasteiger partial charge in [-0.2, -0.15) is 0 Å². The smallest absolute Gasteiger partial charge is 0.251 e. The van der Waals surface area contributed by atoms with Gasteiger partial charge in [-0.25, -0.2) is 4.68 Å². The van der Waals surface area contributed by atoms with Crippen LogP contribution in [0.1, 0.15) is 42.1 Å². The number of hydrogen-bond acceptors (Lipinski definition) is 5. The predicted molar refractivity (Wildman–Crippen MR) is 120 cm³/mol. The Labute approximate surface area is 179 Å². The highest BCUT2D eigenvalue weighted by atomic mass is 32.2. The minimum atomic E-state index is -0.0383. The van der Waals surface area contributed by atoms with Crippen molar-refractivity contribution in [3.8, 4) is 5.69 Å². The number of carbonyl (C=O) groups excluding carboxylic acids is 1. The highest BCUT2D eigenvalue weighted by Gasteiger charge is 2.09. The maximum Gasteiger partial charge on any atom is 0.251 e. The molecule has 0 aliphatic heterocycles. The molecular weight excluding hydrogens is 406 g/mol. The number of unbranched alkanes of at least 4 members (excludes halogenated alkanes) is 2. The normalized spacial score (nSPS) is 10.8. The van der Waals surface area contributed by atoms with Crippen LogP contribution in [0.3, 0.4) is 0 Å². The van der Waals surface area contributed by atoms with Gasteiger partial charge in [0.1, 0.15) is 0 Å². The molecule has 0 atom stereocenters. The molecular formula is C21H23N3OS3. The van der Waals surface area contributed by atoms with Gasteiger partial charge in [-0.05, 0) is 48.5 Å². The first-order chi connectivity index (χ1) is 13.7. The maximum absolute atomic E-state index is 12.2. The highest BCUT2D eigenvalue weighted by molar-refractivity contribution is 8.00. The number of benzene rings is 2. The second kappa shape index (κ2) is 10.5. The molecule has 1 heterocycles. The molecule has 0 aliphatic carbocycles. The van der Waals surface area contributed by atoms with E-state index in [1.165, 1.54) is 16.9 Å². The van der Waals surface area contributed by atoms with Crippen LogP contribution in [0, 0.1) is 3.95 Å². The van der Waals surface area contributed by atoms with Crippen molar-refractivity contribution in [2.45, 2.75) is 36.3 Å². The second-order valence-corrected chi connectivity index (χ2v) is 9.17. The Kier molecular flexibility index (Phi) is 7.82. The molecule has 0 saturated carbocycles. The largest absolute Gasteiger partial charge is 0.352 e. The summed E-state index contributed by atoms with van der Waals surface area (Å²) in [4.78, 5) is 12.2. The predicted octanol–water partition coefficient (Wildman–Crippen LogP) is 5.88. The van der Waals surface area contributed by atoms with Gasteiger partial charge in [0, 0.05) is 17.9 Å². The summed E-state index contributed by atoms with van der Waals surface area (Å²) in [6.07, 6.45) is 3.29. The van der Waals surface area contributed by atoms with E-state index in [1.807, 2.05) is 42.5 Å². The zero-order valence-electron chi connectivity index (χ0n) is 15.8. The first-order valence-corrected chi connectivity index (χ1v) is 11.5. The minimum Gasteiger partial charge on any atom is -0.352 e. The van der Waals surface area contributed by atoms with Crippen molar-refractivity contribution in [1.29, 1.82) is 0 Å². The van der Waals surface area contributed by atoms with Gasteiger partial charge >= 0.3 is 0 Å². The SMILES string of the molecule is CCCCCNC(=O)c1ccc(-n2nc(SCc3ccccc3)sc2=S)cc1. The van der Waals surface area contributed by atoms with Crippen molar-refractivity contribution in [1.82, 2.24) is 15.1 Å². The molecule has 7 heteroatoms. The maximum atomic E-state index is 12.2. The number of hydrogen-bond donors (Lipinski definition) is 1. The van der Waals surface area contributed by atoms with Crippen LogP contribution in [0.5, 0.6) is 0 Å². The molecule has 1 N–H and O–H groups in total. The quantitative estimate of drug-likeness (QED) is 0.262. The summed E-state index contributed by atoms with van der Waals surface area (Å²) in [5, 5.41) is 7.59. The molecule has 0 radical (unpaired) electrons. The molecule has 0 unspecified atom stereocenters. The van der Waals surface area contributed by atoms with Crippen molar-refractivity contribution in [3.05, 3.63) is 69.7 Å². The average Bonchev–Trinajstić information content (AvgIpc) is 3.11. The fourth-order valence-corrected chi connectivity index (χ4v) is 4.95. The standard InChI is InChI=1S/C21H23N3OS3/c1-2-3-7-14-22-19(25)17-10-12-18(13-11-17)24-21(26)28-20(23-24)27-15-16-8-5-4-6-9-16/h4-6,8-13H,2-3,7,14-15H2,1H3,(H,22,25). The average molecular weight is 430 g/mol. The lowest BCUT2D eigenvalue weighted by Gasteiger charge is -2.06. The summed E-state index contributed by atoms with van der Waals surface area (Å²) in [6.45, 7) is 2.86. The van der Waals surface area contributed by atoms with Crippen LogP contribution in [0.25, 0.3) is 5.69 Å². The van der Waals surface area contributed by atoms with Gasteiger partial charge in [-0.15, -0.1) is 5.10 Å². The minimum absolute atomic E-state index is 0.0383. The lowest BCUT2D eigenvalue weighted by molar-refractivity contribution is 0.0953. The fourth-order valence-electron chi connectivity index (χ4n) is 2.63. The Morgan fingerprint density at radius 3 is 2.61 bits per heavy atom. The Morgan fingerprint density at radius 1 is 1.14 bits per heavy atom. The molecule has 3 rings (SSSR count). The third kappa shape index (κ3) is 5.77. The summed E-state index contributed by atoms with van der Waals surface area (Å²) in [6, 6.07) is 17.7. The van der Waals surface area contributed by atoms with Gasteiger partial charge in [-0.3, -0.25) is 4.79 Å². The Hall–Kier alpha value is -1.96. The number of nitrogens with one attached hydrogen (secondary N) is 1. The summed E-state index contributed by atoms with van der Waals surface area (Å²) < 4.78 is 3.40. The molecule has 0 bridgehead atoms. The van der Waals surface area contributed by atoms with E-state index in [9.17, 15) is 4.79 Å². The van der Waals surface area contributed by atoms with E-state index in [0.717, 1.165) is 35.0 Å². The van der Waals surface area contributed by atoms with Crippen molar-refractivity contribution in [3.63, 3.8) is 0 Å². The van der Waals surface area contributed by atoms with E-state index in [-0.39, 0.29) is 5.91 Å². The molecule has 1 aromatic heterocycles. The lowest BCUT2D eigenvalue weighted by Crippen LogP contribution is -2.24. The van der Waals surface area contributed by atoms with E-state index in [4.69, 9.17) is 12.2 Å². The van der Waals surface area contributed by atoms with E-state index >= 15 is 0 Å². The van der Waals surface area contributed by atoms with Crippen LogP contribution in [-0.2, 0) is 5.75 Å². The Morgan fingerprint density at radius 2 is 1.89 bits per heavy atom. The number of aromatic nitrogens is 2. The fraction of sp³-hybridized carbons (Fsp3) is 0.286. The number of nitrogens with zero attached hydrogens (tertiary/aromatic N) is 2. The molecule has 0 spiro atoms. The monoisotopic (exact) mass is 429 g/mol. The number of thioether (sulfide) groups is 1. The Bertz CT molecular complexity index is 949. The molecule has 1 amide bonds. The summed E-state index contributed by atoms with van der Waals surface area (Å²) in [7, 11) is 0. The van der Waals surface area contributed by atoms with E-state index < -0.39 is 0 Å². The van der Waals surface area contributed by atoms with E-state index in [1.54, 1.807) is 16.4 Å². The Balaban J connectivity index is 1.63. The van der Waals surface area contributed by atoms with E-state index in [2.05, 4.69) is 29.5 Å². The first kappa shape index (κ1) is 20.8. The molecule has 4 nitrogen and oxygen atoms in total. The van der Waals surface area contributed by atoms with Crippen molar-refractivity contribution < 1.29 is 4.79 Å². The lowest BCUT2D eigenvalue weighted by atomic mass is 10.2.